The third-order valence-corrected chi connectivity index (χ3v) is 9.55. The fourth-order valence-corrected chi connectivity index (χ4v) is 7.03. The van der Waals surface area contributed by atoms with E-state index in [0.717, 1.165) is 66.8 Å². The van der Waals surface area contributed by atoms with Crippen molar-refractivity contribution in [1.82, 2.24) is 4.57 Å². The van der Waals surface area contributed by atoms with Gasteiger partial charge in [0.05, 0.1) is 11.0 Å². The van der Waals surface area contributed by atoms with Crippen LogP contribution in [0.15, 0.2) is 158 Å². The Morgan fingerprint density at radius 3 is 1.52 bits per heavy atom. The second-order valence-corrected chi connectivity index (χ2v) is 12.3. The lowest BCUT2D eigenvalue weighted by atomic mass is 9.86. The highest BCUT2D eigenvalue weighted by molar-refractivity contribution is 6.10. The Labute approximate surface area is 292 Å². The second kappa shape index (κ2) is 10.9. The summed E-state index contributed by atoms with van der Waals surface area (Å²) < 4.78 is 68.3. The summed E-state index contributed by atoms with van der Waals surface area (Å²) >= 11 is 0. The van der Waals surface area contributed by atoms with Gasteiger partial charge < -0.3 is 9.47 Å². The van der Waals surface area contributed by atoms with E-state index in [4.69, 9.17) is 11.0 Å². The van der Waals surface area contributed by atoms with Crippen molar-refractivity contribution >= 4 is 38.9 Å². The number of hydrogen-bond acceptors (Lipinski definition) is 1. The third-order valence-electron chi connectivity index (χ3n) is 9.55. The zero-order chi connectivity index (χ0) is 38.8. The molecule has 2 heteroatoms. The van der Waals surface area contributed by atoms with Gasteiger partial charge in [-0.15, -0.1) is 0 Å². The van der Waals surface area contributed by atoms with Gasteiger partial charge in [-0.1, -0.05) is 97.1 Å². The van der Waals surface area contributed by atoms with Crippen LogP contribution in [0.3, 0.4) is 0 Å². The Kier molecular flexibility index (Phi) is 4.61. The van der Waals surface area contributed by atoms with Gasteiger partial charge in [0.25, 0.3) is 0 Å². The molecule has 1 heterocycles. The number of nitrogens with zero attached hydrogens (tertiary/aromatic N) is 2. The van der Waals surface area contributed by atoms with Crippen molar-refractivity contribution in [2.75, 3.05) is 4.90 Å². The summed E-state index contributed by atoms with van der Waals surface area (Å²) in [6.45, 7) is 0. The monoisotopic (exact) mass is 622 g/mol. The molecule has 2 aliphatic carbocycles. The second-order valence-electron chi connectivity index (χ2n) is 12.3. The molecule has 0 spiro atoms. The van der Waals surface area contributed by atoms with E-state index in [2.05, 4.69) is 64.1 Å². The van der Waals surface area contributed by atoms with Crippen LogP contribution in [0.25, 0.3) is 49.7 Å². The topological polar surface area (TPSA) is 8.17 Å². The standard InChI is InChI=1S/C46H34N2/c1-2-6-39(7-3-1)48-45-9-5-4-8-43(45)44-30-42(26-27-46(44)48)47(40-22-18-33(19-23-40)37-16-12-31-10-14-35(31)28-37)41-24-20-34(21-25-41)38-17-13-32-11-15-36(32)29-38/h1-9,12-13,16-30H,10-11,14-15H2/i10D2,11D2,14D2,15D2. The van der Waals surface area contributed by atoms with Crippen LogP contribution < -0.4 is 4.90 Å². The van der Waals surface area contributed by atoms with E-state index in [1.54, 1.807) is 24.3 Å². The van der Waals surface area contributed by atoms with E-state index in [9.17, 15) is 0 Å². The summed E-state index contributed by atoms with van der Waals surface area (Å²) in [5.41, 5.74) is 11.0. The molecule has 0 amide bonds. The third kappa shape index (κ3) is 4.41. The minimum absolute atomic E-state index is 0.386. The average Bonchev–Trinajstić information content (AvgIpc) is 3.55. The molecule has 0 unspecified atom stereocenters. The Balaban J connectivity index is 1.08. The molecule has 0 aliphatic heterocycles. The Morgan fingerprint density at radius 2 is 0.896 bits per heavy atom. The quantitative estimate of drug-likeness (QED) is 0.179. The van der Waals surface area contributed by atoms with Crippen LogP contribution >= 0.6 is 0 Å². The van der Waals surface area contributed by atoms with Crippen molar-refractivity contribution in [3.8, 4) is 27.9 Å². The number of hydrogen-bond donors (Lipinski definition) is 0. The van der Waals surface area contributed by atoms with Gasteiger partial charge in [-0.2, -0.15) is 0 Å². The first-order valence-corrected chi connectivity index (χ1v) is 16.2. The van der Waals surface area contributed by atoms with Gasteiger partial charge in [-0.05, 0) is 131 Å². The van der Waals surface area contributed by atoms with Gasteiger partial charge >= 0.3 is 0 Å². The van der Waals surface area contributed by atoms with Gasteiger partial charge in [-0.3, -0.25) is 0 Å². The highest BCUT2D eigenvalue weighted by Crippen LogP contribution is 2.41. The van der Waals surface area contributed by atoms with Gasteiger partial charge in [0.1, 0.15) is 0 Å². The van der Waals surface area contributed by atoms with Crippen LogP contribution in [-0.4, -0.2) is 4.57 Å². The summed E-state index contributed by atoms with van der Waals surface area (Å²) in [6.07, 6.45) is -8.13. The molecule has 1 aromatic heterocycles. The van der Waals surface area contributed by atoms with E-state index in [-0.39, 0.29) is 0 Å². The van der Waals surface area contributed by atoms with Crippen LogP contribution in [0.4, 0.5) is 17.1 Å². The van der Waals surface area contributed by atoms with E-state index >= 15 is 0 Å². The predicted octanol–water partition coefficient (Wildman–Crippen LogP) is 11.8. The molecule has 7 aromatic carbocycles. The van der Waals surface area contributed by atoms with Crippen LogP contribution in [0, 0.1) is 0 Å². The summed E-state index contributed by atoms with van der Waals surface area (Å²) in [5.74, 6) is 0. The lowest BCUT2D eigenvalue weighted by molar-refractivity contribution is 0.840. The minimum atomic E-state index is -2.05. The molecule has 2 aliphatic rings. The van der Waals surface area contributed by atoms with Crippen molar-refractivity contribution in [3.05, 3.63) is 180 Å². The number of para-hydroxylation sites is 2. The smallest absolute Gasteiger partial charge is 0.0542 e. The Bertz CT molecular complexity index is 2740. The summed E-state index contributed by atoms with van der Waals surface area (Å²) in [6, 6.07) is 52.1. The van der Waals surface area contributed by atoms with Gasteiger partial charge in [0.2, 0.25) is 0 Å². The zero-order valence-electron chi connectivity index (χ0n) is 33.9. The summed E-state index contributed by atoms with van der Waals surface area (Å²) in [5, 5.41) is 2.24. The number of aromatic nitrogens is 1. The van der Waals surface area contributed by atoms with Crippen molar-refractivity contribution in [3.63, 3.8) is 0 Å². The Hall–Kier alpha value is -5.86. The average molecular weight is 623 g/mol. The number of fused-ring (bicyclic) bond motifs is 5. The highest BCUT2D eigenvalue weighted by atomic mass is 15.1. The number of anilines is 3. The summed E-state index contributed by atoms with van der Waals surface area (Å²) in [7, 11) is 0. The molecule has 0 saturated heterocycles. The first-order valence-electron chi connectivity index (χ1n) is 20.2. The van der Waals surface area contributed by atoms with Crippen LogP contribution in [0.5, 0.6) is 0 Å². The molecule has 0 bridgehead atoms. The SMILES string of the molecule is [2H]C1([2H])c2ccc(-c3ccc(N(c4ccc(-c5ccc6c(c5)C([2H])([2H])C6([2H])[2H])cc4)c4ccc5c(c4)c4ccccc4n5-c4ccccc4)cc3)cc2C1([2H])[2H]. The largest absolute Gasteiger partial charge is 0.310 e. The van der Waals surface area contributed by atoms with Crippen molar-refractivity contribution in [2.24, 2.45) is 0 Å². The lowest BCUT2D eigenvalue weighted by Gasteiger charge is -2.26. The molecular weight excluding hydrogens is 581 g/mol. The van der Waals surface area contributed by atoms with Gasteiger partial charge in [0.15, 0.2) is 0 Å². The van der Waals surface area contributed by atoms with Crippen LogP contribution in [-0.2, 0) is 25.5 Å². The maximum atomic E-state index is 8.33. The van der Waals surface area contributed by atoms with Crippen molar-refractivity contribution in [1.29, 1.82) is 0 Å². The molecule has 0 atom stereocenters. The van der Waals surface area contributed by atoms with Crippen LogP contribution in [0.2, 0.25) is 0 Å². The maximum Gasteiger partial charge on any atom is 0.0542 e. The number of rotatable bonds is 6. The molecule has 48 heavy (non-hydrogen) atoms. The predicted molar refractivity (Wildman–Crippen MR) is 201 cm³/mol. The lowest BCUT2D eigenvalue weighted by Crippen LogP contribution is -2.10. The molecule has 0 N–H and O–H groups in total. The van der Waals surface area contributed by atoms with E-state index in [0.29, 0.717) is 22.3 Å². The number of aryl methyl sites for hydroxylation is 4. The molecular formula is C46H34N2. The van der Waals surface area contributed by atoms with E-state index in [1.807, 2.05) is 78.9 Å². The van der Waals surface area contributed by atoms with E-state index in [1.165, 1.54) is 0 Å². The van der Waals surface area contributed by atoms with Crippen LogP contribution in [0.1, 0.15) is 33.2 Å². The first kappa shape index (κ1) is 20.4. The summed E-state index contributed by atoms with van der Waals surface area (Å²) in [4.78, 5) is 2.19. The Morgan fingerprint density at radius 1 is 0.396 bits per heavy atom. The minimum Gasteiger partial charge on any atom is -0.310 e. The normalized spacial score (nSPS) is 19.8. The molecule has 8 aromatic rings. The molecule has 228 valence electrons. The zero-order valence-corrected chi connectivity index (χ0v) is 25.9. The van der Waals surface area contributed by atoms with Gasteiger partial charge in [-0.25, -0.2) is 0 Å². The highest BCUT2D eigenvalue weighted by Gasteiger charge is 2.19. The fraction of sp³-hybridized carbons (Fsp3) is 0.0870. The fourth-order valence-electron chi connectivity index (χ4n) is 7.03. The van der Waals surface area contributed by atoms with Gasteiger partial charge in [0, 0.05) is 44.5 Å². The molecule has 0 radical (unpaired) electrons. The molecule has 10 rings (SSSR count). The molecule has 0 fully saturated rings. The van der Waals surface area contributed by atoms with Crippen molar-refractivity contribution in [2.45, 2.75) is 25.5 Å². The molecule has 2 nitrogen and oxygen atoms in total. The number of benzene rings is 7. The first-order chi connectivity index (χ1) is 26.8. The maximum absolute atomic E-state index is 8.33. The molecule has 0 saturated carbocycles. The van der Waals surface area contributed by atoms with E-state index < -0.39 is 25.5 Å². The van der Waals surface area contributed by atoms with Crippen molar-refractivity contribution < 1.29 is 11.0 Å².